The van der Waals surface area contributed by atoms with Crippen LogP contribution in [0.1, 0.15) is 12.2 Å². The van der Waals surface area contributed by atoms with Gasteiger partial charge in [0.1, 0.15) is 12.2 Å². The average Bonchev–Trinajstić information content (AvgIpc) is 2.52. The molecule has 1 rings (SSSR count). The molecule has 0 unspecified atom stereocenters. The molecule has 0 atom stereocenters. The van der Waals surface area contributed by atoms with Crippen molar-refractivity contribution in [3.63, 3.8) is 0 Å². The van der Waals surface area contributed by atoms with E-state index in [4.69, 9.17) is 5.26 Å². The molecule has 14 heavy (non-hydrogen) atoms. The zero-order valence-corrected chi connectivity index (χ0v) is 8.03. The smallest absolute Gasteiger partial charge is 0.234 e. The topological polar surface area (TPSA) is 70.7 Å². The van der Waals surface area contributed by atoms with Crippen LogP contribution in [0.5, 0.6) is 0 Å². The quantitative estimate of drug-likeness (QED) is 0.729. The third-order valence-electron chi connectivity index (χ3n) is 1.83. The Balaban J connectivity index is 2.26. The van der Waals surface area contributed by atoms with Gasteiger partial charge in [-0.3, -0.25) is 4.79 Å². The molecule has 0 saturated heterocycles. The normalized spacial score (nSPS) is 9.43. The summed E-state index contributed by atoms with van der Waals surface area (Å²) in [7, 11) is 1.90. The minimum Gasteiger partial charge on any atom is -0.355 e. The number of aryl methyl sites for hydroxylation is 1. The first-order valence-corrected chi connectivity index (χ1v) is 4.34. The molecular weight excluding hydrogens is 180 g/mol. The second kappa shape index (κ2) is 5.02. The Morgan fingerprint density at radius 1 is 1.79 bits per heavy atom. The molecule has 74 valence electrons. The molecule has 1 amide bonds. The molecule has 0 aliphatic heterocycles. The van der Waals surface area contributed by atoms with E-state index in [-0.39, 0.29) is 12.3 Å². The SMILES string of the molecule is Cn1ccnc1CCNC(=O)CC#N. The van der Waals surface area contributed by atoms with Gasteiger partial charge in [-0.15, -0.1) is 0 Å². The van der Waals surface area contributed by atoms with Crippen molar-refractivity contribution in [2.24, 2.45) is 7.05 Å². The number of carbonyl (C=O) groups excluding carboxylic acids is 1. The summed E-state index contributed by atoms with van der Waals surface area (Å²) in [6.45, 7) is 0.519. The fourth-order valence-corrected chi connectivity index (χ4v) is 1.09. The first kappa shape index (κ1) is 10.3. The number of carbonyl (C=O) groups is 1. The number of nitrogens with one attached hydrogen (secondary N) is 1. The van der Waals surface area contributed by atoms with Gasteiger partial charge in [-0.05, 0) is 0 Å². The number of nitriles is 1. The van der Waals surface area contributed by atoms with Crippen LogP contribution in [0.2, 0.25) is 0 Å². The van der Waals surface area contributed by atoms with Crippen LogP contribution in [0.15, 0.2) is 12.4 Å². The highest BCUT2D eigenvalue weighted by Gasteiger charge is 2.01. The zero-order chi connectivity index (χ0) is 10.4. The van der Waals surface area contributed by atoms with Crippen LogP contribution < -0.4 is 5.32 Å². The van der Waals surface area contributed by atoms with E-state index < -0.39 is 0 Å². The molecule has 1 N–H and O–H groups in total. The van der Waals surface area contributed by atoms with Gasteiger partial charge in [0.25, 0.3) is 0 Å². The van der Waals surface area contributed by atoms with Crippen molar-refractivity contribution in [1.82, 2.24) is 14.9 Å². The Morgan fingerprint density at radius 3 is 3.14 bits per heavy atom. The maximum Gasteiger partial charge on any atom is 0.234 e. The number of hydrogen-bond donors (Lipinski definition) is 1. The van der Waals surface area contributed by atoms with Gasteiger partial charge in [0.2, 0.25) is 5.91 Å². The first-order chi connectivity index (χ1) is 6.74. The molecule has 1 aromatic rings. The maximum absolute atomic E-state index is 10.9. The minimum absolute atomic E-state index is 0.0828. The van der Waals surface area contributed by atoms with Crippen LogP contribution in [-0.2, 0) is 18.3 Å². The maximum atomic E-state index is 10.9. The summed E-state index contributed by atoms with van der Waals surface area (Å²) in [5.41, 5.74) is 0. The Kier molecular flexibility index (Phi) is 3.68. The predicted octanol–water partition coefficient (Wildman–Crippen LogP) is -0.00752. The highest BCUT2D eigenvalue weighted by atomic mass is 16.1. The molecule has 0 aliphatic carbocycles. The lowest BCUT2D eigenvalue weighted by Crippen LogP contribution is -2.25. The molecule has 0 spiro atoms. The van der Waals surface area contributed by atoms with E-state index in [1.54, 1.807) is 12.3 Å². The fraction of sp³-hybridized carbons (Fsp3) is 0.444. The van der Waals surface area contributed by atoms with Crippen molar-refractivity contribution in [3.05, 3.63) is 18.2 Å². The Morgan fingerprint density at radius 2 is 2.57 bits per heavy atom. The van der Waals surface area contributed by atoms with E-state index in [0.29, 0.717) is 13.0 Å². The van der Waals surface area contributed by atoms with Gasteiger partial charge in [0.05, 0.1) is 6.07 Å². The number of hydrogen-bond acceptors (Lipinski definition) is 3. The summed E-state index contributed by atoms with van der Waals surface area (Å²) < 4.78 is 1.90. The molecule has 5 heteroatoms. The fourth-order valence-electron chi connectivity index (χ4n) is 1.09. The number of nitrogens with zero attached hydrogens (tertiary/aromatic N) is 3. The highest BCUT2D eigenvalue weighted by molar-refractivity contribution is 5.77. The second-order valence-corrected chi connectivity index (χ2v) is 2.89. The molecular formula is C9H12N4O. The Labute approximate surface area is 82.4 Å². The number of rotatable bonds is 4. The minimum atomic E-state index is -0.235. The highest BCUT2D eigenvalue weighted by Crippen LogP contribution is 1.93. The van der Waals surface area contributed by atoms with E-state index in [2.05, 4.69) is 10.3 Å². The molecule has 0 bridgehead atoms. The molecule has 0 radical (unpaired) electrons. The molecule has 0 fully saturated rings. The van der Waals surface area contributed by atoms with Gasteiger partial charge in [-0.25, -0.2) is 4.98 Å². The lowest BCUT2D eigenvalue weighted by atomic mass is 10.3. The molecule has 0 aromatic carbocycles. The average molecular weight is 192 g/mol. The van der Waals surface area contributed by atoms with Gasteiger partial charge in [0.15, 0.2) is 0 Å². The molecule has 0 saturated carbocycles. The van der Waals surface area contributed by atoms with Crippen molar-refractivity contribution < 1.29 is 4.79 Å². The second-order valence-electron chi connectivity index (χ2n) is 2.89. The van der Waals surface area contributed by atoms with E-state index in [0.717, 1.165) is 5.82 Å². The lowest BCUT2D eigenvalue weighted by Gasteiger charge is -2.02. The lowest BCUT2D eigenvalue weighted by molar-refractivity contribution is -0.120. The van der Waals surface area contributed by atoms with Crippen LogP contribution in [-0.4, -0.2) is 22.0 Å². The molecule has 1 heterocycles. The number of aromatic nitrogens is 2. The number of amides is 1. The molecule has 0 aliphatic rings. The van der Waals surface area contributed by atoms with E-state index in [1.807, 2.05) is 17.8 Å². The Bertz CT molecular complexity index is 350. The first-order valence-electron chi connectivity index (χ1n) is 4.34. The third kappa shape index (κ3) is 2.90. The number of imidazole rings is 1. The van der Waals surface area contributed by atoms with E-state index in [1.165, 1.54) is 0 Å². The summed E-state index contributed by atoms with van der Waals surface area (Å²) in [4.78, 5) is 15.0. The summed E-state index contributed by atoms with van der Waals surface area (Å²) in [6, 6.07) is 1.79. The monoisotopic (exact) mass is 192 g/mol. The van der Waals surface area contributed by atoms with Crippen molar-refractivity contribution >= 4 is 5.91 Å². The van der Waals surface area contributed by atoms with Crippen LogP contribution in [0, 0.1) is 11.3 Å². The summed E-state index contributed by atoms with van der Waals surface area (Å²) in [6.07, 6.45) is 4.17. The predicted molar refractivity (Wildman–Crippen MR) is 50.2 cm³/mol. The largest absolute Gasteiger partial charge is 0.355 e. The summed E-state index contributed by atoms with van der Waals surface area (Å²) >= 11 is 0. The van der Waals surface area contributed by atoms with Crippen LogP contribution >= 0.6 is 0 Å². The zero-order valence-electron chi connectivity index (χ0n) is 8.03. The van der Waals surface area contributed by atoms with Crippen molar-refractivity contribution in [1.29, 1.82) is 5.26 Å². The van der Waals surface area contributed by atoms with E-state index in [9.17, 15) is 4.79 Å². The Hall–Kier alpha value is -1.83. The van der Waals surface area contributed by atoms with Crippen LogP contribution in [0.4, 0.5) is 0 Å². The summed E-state index contributed by atoms with van der Waals surface area (Å²) in [5, 5.41) is 10.9. The third-order valence-corrected chi connectivity index (χ3v) is 1.83. The van der Waals surface area contributed by atoms with Crippen molar-refractivity contribution in [2.75, 3.05) is 6.54 Å². The molecule has 5 nitrogen and oxygen atoms in total. The van der Waals surface area contributed by atoms with Gasteiger partial charge < -0.3 is 9.88 Å². The van der Waals surface area contributed by atoms with Crippen LogP contribution in [0.25, 0.3) is 0 Å². The standard InChI is InChI=1S/C9H12N4O/c1-13-7-6-11-8(13)3-5-12-9(14)2-4-10/h6-7H,2-3,5H2,1H3,(H,12,14). The van der Waals surface area contributed by atoms with Gasteiger partial charge >= 0.3 is 0 Å². The van der Waals surface area contributed by atoms with Gasteiger partial charge in [0, 0.05) is 32.4 Å². The van der Waals surface area contributed by atoms with E-state index >= 15 is 0 Å². The summed E-state index contributed by atoms with van der Waals surface area (Å²) in [5.74, 6) is 0.684. The molecule has 1 aromatic heterocycles. The van der Waals surface area contributed by atoms with Gasteiger partial charge in [-0.2, -0.15) is 5.26 Å². The van der Waals surface area contributed by atoms with Gasteiger partial charge in [-0.1, -0.05) is 0 Å². The van der Waals surface area contributed by atoms with Crippen molar-refractivity contribution in [2.45, 2.75) is 12.8 Å². The van der Waals surface area contributed by atoms with Crippen LogP contribution in [0.3, 0.4) is 0 Å². The van der Waals surface area contributed by atoms with Crippen molar-refractivity contribution in [3.8, 4) is 6.07 Å².